The van der Waals surface area contributed by atoms with Crippen molar-refractivity contribution < 1.29 is 46.1 Å². The van der Waals surface area contributed by atoms with Crippen LogP contribution in [0, 0.1) is 0 Å². The number of rotatable bonds is 5. The maximum absolute atomic E-state index is 13.1. The molecule has 0 aliphatic carbocycles. The van der Waals surface area contributed by atoms with Crippen molar-refractivity contribution in [2.75, 3.05) is 20.2 Å². The zero-order chi connectivity index (χ0) is 24.7. The van der Waals surface area contributed by atoms with Crippen LogP contribution in [0.25, 0.3) is 17.6 Å². The lowest BCUT2D eigenvalue weighted by Crippen LogP contribution is -2.39. The fourth-order valence-corrected chi connectivity index (χ4v) is 2.90. The number of aliphatic hydroxyl groups excluding tert-OH is 2. The van der Waals surface area contributed by atoms with Crippen molar-refractivity contribution in [1.29, 1.82) is 0 Å². The van der Waals surface area contributed by atoms with E-state index >= 15 is 0 Å². The van der Waals surface area contributed by atoms with Gasteiger partial charge in [0.1, 0.15) is 12.0 Å². The lowest BCUT2D eigenvalue weighted by Gasteiger charge is -2.15. The molecule has 9 nitrogen and oxygen atoms in total. The molecule has 1 fully saturated rings. The fraction of sp³-hybridized carbons (Fsp3) is 0.333. The first-order valence-corrected chi connectivity index (χ1v) is 9.03. The number of hydrogen-bond donors (Lipinski definition) is 2. The number of urea groups is 1. The molecule has 0 bridgehead atoms. The van der Waals surface area contributed by atoms with Gasteiger partial charge in [-0.25, -0.2) is 14.5 Å². The molecule has 1 atom stereocenters. The van der Waals surface area contributed by atoms with E-state index in [1.807, 2.05) is 0 Å². The van der Waals surface area contributed by atoms with Crippen molar-refractivity contribution in [3.05, 3.63) is 41.4 Å². The standard InChI is InChI=1S/C18H15F6N5O4/c1-27-13(15(32)29(16(27)33)5-12(31)7-30)6-28-8-25-14(26-28)9-2-10(17(19,20)21)4-11(3-9)18(22,23)24/h2-4,6,8,12,30-31H,5,7H2,1H3/b13-6-. The average Bonchev–Trinajstić information content (AvgIpc) is 3.27. The van der Waals surface area contributed by atoms with Crippen LogP contribution < -0.4 is 0 Å². The molecule has 3 amide bonds. The Morgan fingerprint density at radius 1 is 1.06 bits per heavy atom. The van der Waals surface area contributed by atoms with Gasteiger partial charge in [-0.05, 0) is 18.2 Å². The Bertz CT molecular complexity index is 1080. The largest absolute Gasteiger partial charge is 0.416 e. The number of nitrogens with zero attached hydrogens (tertiary/aromatic N) is 5. The number of alkyl halides is 6. The van der Waals surface area contributed by atoms with Gasteiger partial charge in [0.25, 0.3) is 5.91 Å². The van der Waals surface area contributed by atoms with Crippen LogP contribution in [0.3, 0.4) is 0 Å². The second kappa shape index (κ2) is 8.47. The minimum Gasteiger partial charge on any atom is -0.394 e. The van der Waals surface area contributed by atoms with Gasteiger partial charge in [0, 0.05) is 12.6 Å². The van der Waals surface area contributed by atoms with E-state index in [1.54, 1.807) is 0 Å². The third kappa shape index (κ3) is 4.98. The molecule has 1 aromatic carbocycles. The van der Waals surface area contributed by atoms with Gasteiger partial charge in [0.05, 0.1) is 36.6 Å². The molecule has 178 valence electrons. The Balaban J connectivity index is 1.97. The van der Waals surface area contributed by atoms with Crippen molar-refractivity contribution in [2.24, 2.45) is 0 Å². The monoisotopic (exact) mass is 479 g/mol. The number of imide groups is 1. The van der Waals surface area contributed by atoms with Gasteiger partial charge in [0.2, 0.25) is 0 Å². The van der Waals surface area contributed by atoms with Gasteiger partial charge >= 0.3 is 18.4 Å². The molecular weight excluding hydrogens is 464 g/mol. The predicted octanol–water partition coefficient (Wildman–Crippen LogP) is 2.03. The maximum Gasteiger partial charge on any atom is 0.416 e. The van der Waals surface area contributed by atoms with Crippen LogP contribution in [0.5, 0.6) is 0 Å². The first kappa shape index (κ1) is 24.2. The molecule has 2 heterocycles. The number of carbonyl (C=O) groups excluding carboxylic acids is 2. The number of amides is 3. The highest BCUT2D eigenvalue weighted by Crippen LogP contribution is 2.38. The Hall–Kier alpha value is -3.46. The molecule has 1 aliphatic rings. The summed E-state index contributed by atoms with van der Waals surface area (Å²) in [6.45, 7) is -1.20. The van der Waals surface area contributed by atoms with Crippen molar-refractivity contribution in [1.82, 2.24) is 24.6 Å². The van der Waals surface area contributed by atoms with Crippen molar-refractivity contribution in [2.45, 2.75) is 18.5 Å². The Kier molecular flexibility index (Phi) is 6.21. The Labute approximate surface area is 181 Å². The molecule has 2 N–H and O–H groups in total. The molecule has 1 aliphatic heterocycles. The smallest absolute Gasteiger partial charge is 0.394 e. The predicted molar refractivity (Wildman–Crippen MR) is 97.7 cm³/mol. The van der Waals surface area contributed by atoms with E-state index in [4.69, 9.17) is 5.11 Å². The molecule has 2 aromatic rings. The van der Waals surface area contributed by atoms with Gasteiger partial charge in [-0.1, -0.05) is 0 Å². The maximum atomic E-state index is 13.1. The molecule has 3 rings (SSSR count). The van der Waals surface area contributed by atoms with Gasteiger partial charge in [-0.2, -0.15) is 26.3 Å². The highest BCUT2D eigenvalue weighted by Gasteiger charge is 2.40. The summed E-state index contributed by atoms with van der Waals surface area (Å²) in [5.41, 5.74) is -3.92. The summed E-state index contributed by atoms with van der Waals surface area (Å²) in [5.74, 6) is -1.36. The number of likely N-dealkylation sites (N-methyl/N-ethyl adjacent to an activating group) is 1. The first-order valence-electron chi connectivity index (χ1n) is 9.03. The number of aromatic nitrogens is 3. The second-order valence-corrected chi connectivity index (χ2v) is 6.95. The second-order valence-electron chi connectivity index (χ2n) is 6.95. The third-order valence-corrected chi connectivity index (χ3v) is 4.56. The summed E-state index contributed by atoms with van der Waals surface area (Å²) in [4.78, 5) is 29.9. The summed E-state index contributed by atoms with van der Waals surface area (Å²) in [6.07, 6.45) is -9.58. The molecule has 0 radical (unpaired) electrons. The third-order valence-electron chi connectivity index (χ3n) is 4.56. The molecular formula is C18H15F6N5O4. The van der Waals surface area contributed by atoms with Gasteiger partial charge in [-0.3, -0.25) is 14.6 Å². The topological polar surface area (TPSA) is 112 Å². The van der Waals surface area contributed by atoms with E-state index in [0.717, 1.165) is 22.1 Å². The summed E-state index contributed by atoms with van der Waals surface area (Å²) >= 11 is 0. The van der Waals surface area contributed by atoms with Crippen molar-refractivity contribution >= 4 is 18.1 Å². The lowest BCUT2D eigenvalue weighted by atomic mass is 10.0. The molecule has 15 heteroatoms. The van der Waals surface area contributed by atoms with Gasteiger partial charge < -0.3 is 10.2 Å². The molecule has 1 unspecified atom stereocenters. The Morgan fingerprint density at radius 2 is 1.64 bits per heavy atom. The number of benzene rings is 1. The normalized spacial score (nSPS) is 17.4. The van der Waals surface area contributed by atoms with Crippen LogP contribution in [0.1, 0.15) is 11.1 Å². The quantitative estimate of drug-likeness (QED) is 0.386. The summed E-state index contributed by atoms with van der Waals surface area (Å²) in [7, 11) is 1.22. The van der Waals surface area contributed by atoms with E-state index in [1.165, 1.54) is 7.05 Å². The number of aliphatic hydroxyl groups is 2. The van der Waals surface area contributed by atoms with Crippen LogP contribution in [0.15, 0.2) is 30.2 Å². The van der Waals surface area contributed by atoms with E-state index in [0.29, 0.717) is 17.0 Å². The molecule has 33 heavy (non-hydrogen) atoms. The van der Waals surface area contributed by atoms with Crippen LogP contribution in [-0.2, 0) is 17.1 Å². The van der Waals surface area contributed by atoms with Crippen LogP contribution in [-0.4, -0.2) is 73.0 Å². The highest BCUT2D eigenvalue weighted by molar-refractivity contribution is 6.13. The molecule has 0 spiro atoms. The highest BCUT2D eigenvalue weighted by atomic mass is 19.4. The first-order chi connectivity index (χ1) is 15.2. The SMILES string of the molecule is CN1C(=O)N(CC(O)CO)C(=O)/C1=C/n1cnc(-c2cc(C(F)(F)F)cc(C(F)(F)F)c2)n1. The molecule has 1 aromatic heterocycles. The number of halogens is 6. The summed E-state index contributed by atoms with van der Waals surface area (Å²) < 4.78 is 79.2. The average molecular weight is 479 g/mol. The van der Waals surface area contributed by atoms with Crippen LogP contribution in [0.2, 0.25) is 0 Å². The molecule has 1 saturated heterocycles. The van der Waals surface area contributed by atoms with E-state index in [-0.39, 0.29) is 11.8 Å². The van der Waals surface area contributed by atoms with Gasteiger partial charge in [-0.15, -0.1) is 5.10 Å². The van der Waals surface area contributed by atoms with Gasteiger partial charge in [0.15, 0.2) is 5.82 Å². The number of β-amino-alcohol motifs (C(OH)–C–C–N with tert-alkyl or cyclic N) is 1. The van der Waals surface area contributed by atoms with E-state index in [9.17, 15) is 41.0 Å². The van der Waals surface area contributed by atoms with Crippen molar-refractivity contribution in [3.63, 3.8) is 0 Å². The lowest BCUT2D eigenvalue weighted by molar-refractivity contribution is -0.143. The zero-order valence-corrected chi connectivity index (χ0v) is 16.6. The minimum absolute atomic E-state index is 0.0321. The van der Waals surface area contributed by atoms with Crippen LogP contribution >= 0.6 is 0 Å². The number of carbonyl (C=O) groups is 2. The van der Waals surface area contributed by atoms with Crippen LogP contribution in [0.4, 0.5) is 31.1 Å². The zero-order valence-electron chi connectivity index (χ0n) is 16.6. The molecule has 0 saturated carbocycles. The summed E-state index contributed by atoms with van der Waals surface area (Å²) in [5, 5.41) is 22.2. The Morgan fingerprint density at radius 3 is 2.15 bits per heavy atom. The summed E-state index contributed by atoms with van der Waals surface area (Å²) in [6, 6.07) is 0.0504. The fourth-order valence-electron chi connectivity index (χ4n) is 2.90. The van der Waals surface area contributed by atoms with E-state index < -0.39 is 66.1 Å². The van der Waals surface area contributed by atoms with E-state index in [2.05, 4.69) is 10.1 Å². The number of hydrogen-bond acceptors (Lipinski definition) is 6. The minimum atomic E-state index is -5.05. The van der Waals surface area contributed by atoms with Crippen molar-refractivity contribution in [3.8, 4) is 11.4 Å².